The number of hydrogen-bond acceptors (Lipinski definition) is 2. The van der Waals surface area contributed by atoms with Gasteiger partial charge in [-0.3, -0.25) is 4.79 Å². The second kappa shape index (κ2) is 5.26. The van der Waals surface area contributed by atoms with E-state index in [1.54, 1.807) is 0 Å². The molecule has 0 bridgehead atoms. The number of carbonyl (C=O) groups is 1. The Morgan fingerprint density at radius 1 is 1.32 bits per heavy atom. The van der Waals surface area contributed by atoms with E-state index in [4.69, 9.17) is 5.11 Å². The van der Waals surface area contributed by atoms with E-state index in [0.29, 0.717) is 6.42 Å². The van der Waals surface area contributed by atoms with Crippen molar-refractivity contribution in [2.45, 2.75) is 33.6 Å². The molecule has 0 unspecified atom stereocenters. The van der Waals surface area contributed by atoms with Crippen molar-refractivity contribution in [3.05, 3.63) is 47.0 Å². The Morgan fingerprint density at radius 2 is 2.05 bits per heavy atom. The molecule has 1 aromatic heterocycles. The average Bonchev–Trinajstić information content (AvgIpc) is 2.71. The summed E-state index contributed by atoms with van der Waals surface area (Å²) in [5.41, 5.74) is 4.37. The van der Waals surface area contributed by atoms with Crippen LogP contribution in [-0.4, -0.2) is 20.6 Å². The van der Waals surface area contributed by atoms with E-state index in [9.17, 15) is 4.79 Å². The van der Waals surface area contributed by atoms with Crippen molar-refractivity contribution in [3.63, 3.8) is 0 Å². The highest BCUT2D eigenvalue weighted by molar-refractivity contribution is 5.67. The van der Waals surface area contributed by atoms with Gasteiger partial charge in [0.2, 0.25) is 0 Å². The summed E-state index contributed by atoms with van der Waals surface area (Å²) in [6, 6.07) is 6.16. The minimum atomic E-state index is -0.793. The summed E-state index contributed by atoms with van der Waals surface area (Å²) >= 11 is 0. The molecule has 100 valence electrons. The number of aryl methyl sites for hydroxylation is 3. The Hall–Kier alpha value is -2.10. The third-order valence-electron chi connectivity index (χ3n) is 3.36. The number of nitrogens with zero attached hydrogens (tertiary/aromatic N) is 2. The third kappa shape index (κ3) is 2.84. The summed E-state index contributed by atoms with van der Waals surface area (Å²) in [6.07, 6.45) is 2.51. The van der Waals surface area contributed by atoms with Crippen molar-refractivity contribution in [3.8, 4) is 5.69 Å². The lowest BCUT2D eigenvalue weighted by Crippen LogP contribution is -1.99. The van der Waals surface area contributed by atoms with Crippen LogP contribution in [0.25, 0.3) is 5.69 Å². The molecule has 0 atom stereocenters. The number of imidazole rings is 1. The molecule has 4 nitrogen and oxygen atoms in total. The maximum absolute atomic E-state index is 10.6. The first-order valence-corrected chi connectivity index (χ1v) is 6.32. The average molecular weight is 258 g/mol. The van der Waals surface area contributed by atoms with E-state index in [-0.39, 0.29) is 6.42 Å². The first-order valence-electron chi connectivity index (χ1n) is 6.32. The Morgan fingerprint density at radius 3 is 2.74 bits per heavy atom. The van der Waals surface area contributed by atoms with E-state index >= 15 is 0 Å². The normalized spacial score (nSPS) is 10.7. The van der Waals surface area contributed by atoms with Crippen LogP contribution in [0.4, 0.5) is 0 Å². The van der Waals surface area contributed by atoms with Crippen LogP contribution in [0.5, 0.6) is 0 Å². The van der Waals surface area contributed by atoms with Crippen LogP contribution in [0.3, 0.4) is 0 Å². The highest BCUT2D eigenvalue weighted by Gasteiger charge is 2.10. The van der Waals surface area contributed by atoms with Crippen LogP contribution in [0, 0.1) is 20.8 Å². The van der Waals surface area contributed by atoms with Crippen LogP contribution in [0.15, 0.2) is 24.4 Å². The third-order valence-corrected chi connectivity index (χ3v) is 3.36. The molecule has 0 aliphatic heterocycles. The Labute approximate surface area is 112 Å². The molecular formula is C15H18N2O2. The molecule has 19 heavy (non-hydrogen) atoms. The predicted molar refractivity (Wildman–Crippen MR) is 73.7 cm³/mol. The zero-order valence-electron chi connectivity index (χ0n) is 11.5. The quantitative estimate of drug-likeness (QED) is 0.917. The minimum Gasteiger partial charge on any atom is -0.481 e. The highest BCUT2D eigenvalue weighted by Crippen LogP contribution is 2.20. The fraction of sp³-hybridized carbons (Fsp3) is 0.333. The summed E-state index contributed by atoms with van der Waals surface area (Å²) in [7, 11) is 0. The van der Waals surface area contributed by atoms with Crippen LogP contribution in [0.2, 0.25) is 0 Å². The van der Waals surface area contributed by atoms with Crippen molar-refractivity contribution in [2.75, 3.05) is 0 Å². The molecule has 0 saturated carbocycles. The van der Waals surface area contributed by atoms with E-state index in [0.717, 1.165) is 17.2 Å². The summed E-state index contributed by atoms with van der Waals surface area (Å²) < 4.78 is 2.03. The highest BCUT2D eigenvalue weighted by atomic mass is 16.4. The molecule has 2 rings (SSSR count). The van der Waals surface area contributed by atoms with Gasteiger partial charge in [0, 0.05) is 18.3 Å². The molecule has 1 heterocycles. The smallest absolute Gasteiger partial charge is 0.303 e. The van der Waals surface area contributed by atoms with Crippen molar-refractivity contribution >= 4 is 5.97 Å². The van der Waals surface area contributed by atoms with Gasteiger partial charge < -0.3 is 9.67 Å². The SMILES string of the molecule is Cc1cccc(-n2cc(CCC(=O)O)nc2C)c1C. The number of carboxylic acid groups (broad SMARTS) is 1. The van der Waals surface area contributed by atoms with Crippen LogP contribution < -0.4 is 0 Å². The fourth-order valence-electron chi connectivity index (χ4n) is 2.13. The van der Waals surface area contributed by atoms with Gasteiger partial charge in [0.15, 0.2) is 0 Å². The molecule has 0 amide bonds. The number of aromatic nitrogens is 2. The monoisotopic (exact) mass is 258 g/mol. The van der Waals surface area contributed by atoms with E-state index in [2.05, 4.69) is 31.0 Å². The molecule has 0 aliphatic carbocycles. The largest absolute Gasteiger partial charge is 0.481 e. The second-order valence-electron chi connectivity index (χ2n) is 4.76. The first kappa shape index (κ1) is 13.3. The lowest BCUT2D eigenvalue weighted by Gasteiger charge is -2.10. The van der Waals surface area contributed by atoms with Crippen molar-refractivity contribution < 1.29 is 9.90 Å². The maximum atomic E-state index is 10.6. The number of rotatable bonds is 4. The van der Waals surface area contributed by atoms with Crippen molar-refractivity contribution in [1.29, 1.82) is 0 Å². The maximum Gasteiger partial charge on any atom is 0.303 e. The van der Waals surface area contributed by atoms with Crippen LogP contribution >= 0.6 is 0 Å². The lowest BCUT2D eigenvalue weighted by molar-refractivity contribution is -0.136. The number of carboxylic acids is 1. The van der Waals surface area contributed by atoms with Gasteiger partial charge in [0.1, 0.15) is 5.82 Å². The van der Waals surface area contributed by atoms with Gasteiger partial charge in [-0.1, -0.05) is 12.1 Å². The van der Waals surface area contributed by atoms with Crippen molar-refractivity contribution in [2.24, 2.45) is 0 Å². The van der Waals surface area contributed by atoms with Crippen molar-refractivity contribution in [1.82, 2.24) is 9.55 Å². The van der Waals surface area contributed by atoms with Crippen LogP contribution in [0.1, 0.15) is 29.1 Å². The predicted octanol–water partition coefficient (Wildman–Crippen LogP) is 2.81. The van der Waals surface area contributed by atoms with Gasteiger partial charge in [0.25, 0.3) is 0 Å². The van der Waals surface area contributed by atoms with Gasteiger partial charge >= 0.3 is 5.97 Å². The zero-order chi connectivity index (χ0) is 14.0. The van der Waals surface area contributed by atoms with Gasteiger partial charge in [-0.25, -0.2) is 4.98 Å². The summed E-state index contributed by atoms with van der Waals surface area (Å²) in [6.45, 7) is 6.10. The van der Waals surface area contributed by atoms with E-state index in [1.165, 1.54) is 11.1 Å². The standard InChI is InChI=1S/C15H18N2O2/c1-10-5-4-6-14(11(10)2)17-9-13(16-12(17)3)7-8-15(18)19/h4-6,9H,7-8H2,1-3H3,(H,18,19). The number of hydrogen-bond donors (Lipinski definition) is 1. The number of benzene rings is 1. The van der Waals surface area contributed by atoms with E-state index < -0.39 is 5.97 Å². The van der Waals surface area contributed by atoms with E-state index in [1.807, 2.05) is 23.8 Å². The molecule has 0 spiro atoms. The Kier molecular flexibility index (Phi) is 3.69. The molecular weight excluding hydrogens is 240 g/mol. The molecule has 0 radical (unpaired) electrons. The van der Waals surface area contributed by atoms with Gasteiger partial charge in [0.05, 0.1) is 12.1 Å². The molecule has 4 heteroatoms. The fourth-order valence-corrected chi connectivity index (χ4v) is 2.13. The van der Waals surface area contributed by atoms with Gasteiger partial charge in [-0.2, -0.15) is 0 Å². The second-order valence-corrected chi connectivity index (χ2v) is 4.76. The molecule has 0 aliphatic rings. The molecule has 1 N–H and O–H groups in total. The summed E-state index contributed by atoms with van der Waals surface area (Å²) in [4.78, 5) is 15.0. The zero-order valence-corrected chi connectivity index (χ0v) is 11.5. The molecule has 0 saturated heterocycles. The topological polar surface area (TPSA) is 55.1 Å². The Balaban J connectivity index is 2.35. The molecule has 2 aromatic rings. The van der Waals surface area contributed by atoms with Gasteiger partial charge in [-0.05, 0) is 38.0 Å². The Bertz CT molecular complexity index is 615. The van der Waals surface area contributed by atoms with Crippen LogP contribution in [-0.2, 0) is 11.2 Å². The molecule has 1 aromatic carbocycles. The summed E-state index contributed by atoms with van der Waals surface area (Å²) in [5.74, 6) is 0.0908. The lowest BCUT2D eigenvalue weighted by atomic mass is 10.1. The minimum absolute atomic E-state index is 0.114. The van der Waals surface area contributed by atoms with Gasteiger partial charge in [-0.15, -0.1) is 0 Å². The summed E-state index contributed by atoms with van der Waals surface area (Å²) in [5, 5.41) is 8.71. The number of aliphatic carboxylic acids is 1. The molecule has 0 fully saturated rings. The first-order chi connectivity index (χ1) is 8.99.